The van der Waals surface area contributed by atoms with E-state index in [0.717, 1.165) is 11.3 Å². The molecule has 2 N–H and O–H groups in total. The minimum Gasteiger partial charge on any atom is -0.504 e. The first kappa shape index (κ1) is 17.1. The predicted molar refractivity (Wildman–Crippen MR) is 103 cm³/mol. The highest BCUT2D eigenvalue weighted by molar-refractivity contribution is 6.30. The summed E-state index contributed by atoms with van der Waals surface area (Å²) >= 11 is 6.03. The van der Waals surface area contributed by atoms with Crippen LogP contribution in [0.1, 0.15) is 11.4 Å². The lowest BCUT2D eigenvalue weighted by Crippen LogP contribution is -2.03. The van der Waals surface area contributed by atoms with Crippen LogP contribution in [0.2, 0.25) is 5.02 Å². The molecule has 0 aliphatic carbocycles. The van der Waals surface area contributed by atoms with Crippen LogP contribution in [0, 0.1) is 0 Å². The number of halogens is 1. The molecule has 0 saturated heterocycles. The molecular formula is C19H16ClN5O2. The van der Waals surface area contributed by atoms with Gasteiger partial charge in [-0.1, -0.05) is 23.7 Å². The molecule has 0 aliphatic rings. The van der Waals surface area contributed by atoms with Crippen molar-refractivity contribution in [3.63, 3.8) is 0 Å². The first-order chi connectivity index (χ1) is 13.1. The van der Waals surface area contributed by atoms with Crippen molar-refractivity contribution in [1.29, 1.82) is 0 Å². The van der Waals surface area contributed by atoms with E-state index in [1.165, 1.54) is 7.11 Å². The molecule has 4 rings (SSSR count). The molecule has 0 fully saturated rings. The summed E-state index contributed by atoms with van der Waals surface area (Å²) in [4.78, 5) is 0. The van der Waals surface area contributed by atoms with Crippen molar-refractivity contribution < 1.29 is 9.84 Å². The molecule has 2 aromatic heterocycles. The van der Waals surface area contributed by atoms with Crippen LogP contribution in [-0.4, -0.2) is 32.0 Å². The second-order valence-electron chi connectivity index (χ2n) is 5.92. The lowest BCUT2D eigenvalue weighted by atomic mass is 10.1. The number of aromatic hydroxyl groups is 1. The minimum absolute atomic E-state index is 0.0958. The summed E-state index contributed by atoms with van der Waals surface area (Å²) in [7, 11) is 1.51. The van der Waals surface area contributed by atoms with E-state index in [0.29, 0.717) is 34.5 Å². The summed E-state index contributed by atoms with van der Waals surface area (Å²) < 4.78 is 6.84. The zero-order valence-corrected chi connectivity index (χ0v) is 15.2. The van der Waals surface area contributed by atoms with Crippen molar-refractivity contribution in [2.24, 2.45) is 0 Å². The first-order valence-corrected chi connectivity index (χ1v) is 8.60. The zero-order chi connectivity index (χ0) is 18.8. The number of aromatic nitrogens is 4. The van der Waals surface area contributed by atoms with Gasteiger partial charge in [0.1, 0.15) is 0 Å². The molecule has 0 radical (unpaired) electrons. The Morgan fingerprint density at radius 2 is 2.00 bits per heavy atom. The van der Waals surface area contributed by atoms with E-state index >= 15 is 0 Å². The molecule has 8 heteroatoms. The fourth-order valence-corrected chi connectivity index (χ4v) is 2.93. The third-order valence-electron chi connectivity index (χ3n) is 4.03. The highest BCUT2D eigenvalue weighted by atomic mass is 35.5. The number of anilines is 2. The Labute approximate surface area is 160 Å². The number of hydrogen-bond acceptors (Lipinski definition) is 6. The van der Waals surface area contributed by atoms with Gasteiger partial charge in [-0.3, -0.25) is 0 Å². The number of hydrogen-bond donors (Lipinski definition) is 2. The molecule has 7 nitrogen and oxygen atoms in total. The van der Waals surface area contributed by atoms with Crippen LogP contribution >= 0.6 is 11.6 Å². The maximum Gasteiger partial charge on any atom is 0.178 e. The molecule has 136 valence electrons. The molecule has 0 spiro atoms. The standard InChI is InChI=1S/C19H16ClN5O2/c1-27-16-9-12(5-6-15(16)26)10-19-23-22-18-8-7-17(24-25(18)19)21-14-4-2-3-13(20)11-14/h2-9,11,26H,10H2,1H3,(H,21,24). The number of ether oxygens (including phenoxy) is 1. The van der Waals surface area contributed by atoms with E-state index < -0.39 is 0 Å². The molecule has 0 amide bonds. The lowest BCUT2D eigenvalue weighted by molar-refractivity contribution is 0.373. The summed E-state index contributed by atoms with van der Waals surface area (Å²) in [5.74, 6) is 1.83. The molecule has 0 atom stereocenters. The Morgan fingerprint density at radius 3 is 2.81 bits per heavy atom. The molecule has 2 heterocycles. The third-order valence-corrected chi connectivity index (χ3v) is 4.27. The molecule has 0 bridgehead atoms. The first-order valence-electron chi connectivity index (χ1n) is 8.22. The molecule has 0 saturated carbocycles. The summed E-state index contributed by atoms with van der Waals surface area (Å²) in [5, 5.41) is 26.6. The number of fused-ring (bicyclic) bond motifs is 1. The van der Waals surface area contributed by atoms with Gasteiger partial charge in [-0.25, -0.2) is 0 Å². The van der Waals surface area contributed by atoms with Gasteiger partial charge in [-0.05, 0) is 48.0 Å². The largest absolute Gasteiger partial charge is 0.504 e. The van der Waals surface area contributed by atoms with Gasteiger partial charge in [0.15, 0.2) is 28.8 Å². The fourth-order valence-electron chi connectivity index (χ4n) is 2.74. The molecular weight excluding hydrogens is 366 g/mol. The van der Waals surface area contributed by atoms with Crippen molar-refractivity contribution in [2.75, 3.05) is 12.4 Å². The minimum atomic E-state index is 0.0958. The van der Waals surface area contributed by atoms with E-state index in [-0.39, 0.29) is 5.75 Å². The average Bonchev–Trinajstić information content (AvgIpc) is 3.05. The predicted octanol–water partition coefficient (Wildman–Crippen LogP) is 3.83. The van der Waals surface area contributed by atoms with Gasteiger partial charge in [-0.15, -0.1) is 15.3 Å². The van der Waals surface area contributed by atoms with E-state index in [9.17, 15) is 5.11 Å². The Hall–Kier alpha value is -3.32. The Bertz CT molecular complexity index is 1110. The molecule has 2 aromatic carbocycles. The Morgan fingerprint density at radius 1 is 1.11 bits per heavy atom. The van der Waals surface area contributed by atoms with Gasteiger partial charge in [0.25, 0.3) is 0 Å². The number of rotatable bonds is 5. The lowest BCUT2D eigenvalue weighted by Gasteiger charge is -2.08. The van der Waals surface area contributed by atoms with E-state index in [1.807, 2.05) is 42.5 Å². The van der Waals surface area contributed by atoms with Gasteiger partial charge in [-0.2, -0.15) is 4.52 Å². The van der Waals surface area contributed by atoms with Crippen LogP contribution in [0.4, 0.5) is 11.5 Å². The number of nitrogens with one attached hydrogen (secondary N) is 1. The van der Waals surface area contributed by atoms with Gasteiger partial charge in [0.2, 0.25) is 0 Å². The van der Waals surface area contributed by atoms with Gasteiger partial charge in [0.05, 0.1) is 7.11 Å². The van der Waals surface area contributed by atoms with Crippen molar-refractivity contribution in [3.05, 3.63) is 71.0 Å². The van der Waals surface area contributed by atoms with Gasteiger partial charge < -0.3 is 15.2 Å². The number of phenolic OH excluding ortho intramolecular Hbond substituents is 1. The Balaban J connectivity index is 1.64. The average molecular weight is 382 g/mol. The van der Waals surface area contributed by atoms with Crippen LogP contribution < -0.4 is 10.1 Å². The van der Waals surface area contributed by atoms with Gasteiger partial charge in [0, 0.05) is 17.1 Å². The van der Waals surface area contributed by atoms with Crippen molar-refractivity contribution >= 4 is 28.8 Å². The molecule has 4 aromatic rings. The van der Waals surface area contributed by atoms with Crippen LogP contribution in [-0.2, 0) is 6.42 Å². The highest BCUT2D eigenvalue weighted by Gasteiger charge is 2.11. The fraction of sp³-hybridized carbons (Fsp3) is 0.105. The van der Waals surface area contributed by atoms with Crippen LogP contribution in [0.5, 0.6) is 11.5 Å². The van der Waals surface area contributed by atoms with Crippen LogP contribution in [0.25, 0.3) is 5.65 Å². The van der Waals surface area contributed by atoms with Crippen molar-refractivity contribution in [2.45, 2.75) is 6.42 Å². The summed E-state index contributed by atoms with van der Waals surface area (Å²) in [6, 6.07) is 16.3. The molecule has 0 unspecified atom stereocenters. The highest BCUT2D eigenvalue weighted by Crippen LogP contribution is 2.27. The smallest absolute Gasteiger partial charge is 0.178 e. The SMILES string of the molecule is COc1cc(Cc2nnc3ccc(Nc4cccc(Cl)c4)nn23)ccc1O. The zero-order valence-electron chi connectivity index (χ0n) is 14.4. The van der Waals surface area contributed by atoms with Crippen LogP contribution in [0.15, 0.2) is 54.6 Å². The summed E-state index contributed by atoms with van der Waals surface area (Å²) in [6.45, 7) is 0. The van der Waals surface area contributed by atoms with E-state index in [1.54, 1.807) is 16.6 Å². The van der Waals surface area contributed by atoms with E-state index in [2.05, 4.69) is 20.6 Å². The normalized spacial score (nSPS) is 10.9. The van der Waals surface area contributed by atoms with Crippen molar-refractivity contribution in [1.82, 2.24) is 19.8 Å². The monoisotopic (exact) mass is 381 g/mol. The van der Waals surface area contributed by atoms with Crippen LogP contribution in [0.3, 0.4) is 0 Å². The summed E-state index contributed by atoms with van der Waals surface area (Å²) in [5.41, 5.74) is 2.41. The third kappa shape index (κ3) is 3.63. The molecule has 27 heavy (non-hydrogen) atoms. The second kappa shape index (κ2) is 7.13. The quantitative estimate of drug-likeness (QED) is 0.546. The maximum absolute atomic E-state index is 9.74. The Kier molecular flexibility index (Phi) is 4.52. The maximum atomic E-state index is 9.74. The second-order valence-corrected chi connectivity index (χ2v) is 6.36. The number of phenols is 1. The van der Waals surface area contributed by atoms with Crippen molar-refractivity contribution in [3.8, 4) is 11.5 Å². The van der Waals surface area contributed by atoms with E-state index in [4.69, 9.17) is 16.3 Å². The van der Waals surface area contributed by atoms with Gasteiger partial charge >= 0.3 is 0 Å². The number of methoxy groups -OCH3 is 1. The number of benzene rings is 2. The summed E-state index contributed by atoms with van der Waals surface area (Å²) in [6.07, 6.45) is 0.491. The molecule has 0 aliphatic heterocycles. The topological polar surface area (TPSA) is 84.6 Å². The number of nitrogens with zero attached hydrogens (tertiary/aromatic N) is 4.